The van der Waals surface area contributed by atoms with Gasteiger partial charge >= 0.3 is 0 Å². The number of carbonyl (C=O) groups is 1. The summed E-state index contributed by atoms with van der Waals surface area (Å²) in [5.41, 5.74) is 2.52. The zero-order valence-electron chi connectivity index (χ0n) is 17.4. The van der Waals surface area contributed by atoms with Gasteiger partial charge in [0.05, 0.1) is 4.90 Å². The van der Waals surface area contributed by atoms with E-state index in [1.807, 2.05) is 30.7 Å². The Hall–Kier alpha value is -2.56. The van der Waals surface area contributed by atoms with Crippen molar-refractivity contribution in [3.8, 4) is 11.5 Å². The maximum Gasteiger partial charge on any atom is 0.248 e. The molecule has 0 bridgehead atoms. The number of aryl methyl sites for hydroxylation is 1. The number of anilines is 1. The summed E-state index contributed by atoms with van der Waals surface area (Å²) in [6, 6.07) is 6.92. The van der Waals surface area contributed by atoms with Crippen LogP contribution in [0.3, 0.4) is 0 Å². The van der Waals surface area contributed by atoms with Crippen molar-refractivity contribution < 1.29 is 17.6 Å². The molecule has 0 saturated heterocycles. The van der Waals surface area contributed by atoms with E-state index in [1.54, 1.807) is 34.4 Å². The van der Waals surface area contributed by atoms with Gasteiger partial charge in [0.1, 0.15) is 0 Å². The van der Waals surface area contributed by atoms with Gasteiger partial charge in [0.25, 0.3) is 0 Å². The highest BCUT2D eigenvalue weighted by atomic mass is 32.2. The fourth-order valence-electron chi connectivity index (χ4n) is 3.72. The quantitative estimate of drug-likeness (QED) is 0.511. The molecule has 1 aliphatic heterocycles. The molecule has 0 unspecified atom stereocenters. The predicted molar refractivity (Wildman–Crippen MR) is 119 cm³/mol. The van der Waals surface area contributed by atoms with Crippen molar-refractivity contribution in [3.63, 3.8) is 0 Å². The highest BCUT2D eigenvalue weighted by Crippen LogP contribution is 2.32. The van der Waals surface area contributed by atoms with E-state index in [9.17, 15) is 13.2 Å². The Bertz CT molecular complexity index is 1170. The van der Waals surface area contributed by atoms with Gasteiger partial charge in [-0.1, -0.05) is 13.8 Å². The molecule has 2 aromatic heterocycles. The lowest BCUT2D eigenvalue weighted by Gasteiger charge is -2.20. The van der Waals surface area contributed by atoms with Crippen molar-refractivity contribution >= 4 is 33.0 Å². The van der Waals surface area contributed by atoms with Crippen molar-refractivity contribution in [2.24, 2.45) is 0 Å². The van der Waals surface area contributed by atoms with Gasteiger partial charge in [-0.05, 0) is 41.6 Å². The van der Waals surface area contributed by atoms with Crippen LogP contribution in [0.25, 0.3) is 11.5 Å². The average molecular weight is 461 g/mol. The molecule has 0 aliphatic carbocycles. The van der Waals surface area contributed by atoms with Crippen molar-refractivity contribution in [2.75, 3.05) is 24.5 Å². The van der Waals surface area contributed by atoms with E-state index in [4.69, 9.17) is 4.42 Å². The topological polar surface area (TPSA) is 96.6 Å². The number of fused-ring (bicyclic) bond motifs is 1. The van der Waals surface area contributed by atoms with Crippen LogP contribution in [-0.2, 0) is 27.7 Å². The maximum absolute atomic E-state index is 12.8. The summed E-state index contributed by atoms with van der Waals surface area (Å²) in [5, 5.41) is 11.9. The number of hydrogen-bond donors (Lipinski definition) is 0. The summed E-state index contributed by atoms with van der Waals surface area (Å²) >= 11 is 1.55. The lowest BCUT2D eigenvalue weighted by atomic mass is 10.2. The van der Waals surface area contributed by atoms with E-state index < -0.39 is 10.0 Å². The second-order valence-electron chi connectivity index (χ2n) is 7.19. The predicted octanol–water partition coefficient (Wildman–Crippen LogP) is 3.35. The van der Waals surface area contributed by atoms with E-state index >= 15 is 0 Å². The molecule has 0 atom stereocenters. The first-order valence-electron chi connectivity index (χ1n) is 10.2. The van der Waals surface area contributed by atoms with Gasteiger partial charge in [0, 0.05) is 49.1 Å². The molecule has 8 nitrogen and oxygen atoms in total. The van der Waals surface area contributed by atoms with Crippen molar-refractivity contribution in [2.45, 2.75) is 38.0 Å². The zero-order valence-corrected chi connectivity index (χ0v) is 19.1. The molecule has 0 saturated carbocycles. The lowest BCUT2D eigenvalue weighted by molar-refractivity contribution is -0.118. The number of hydrogen-bond acceptors (Lipinski definition) is 7. The van der Waals surface area contributed by atoms with Gasteiger partial charge in [-0.15, -0.1) is 10.2 Å². The minimum absolute atomic E-state index is 0.0478. The summed E-state index contributed by atoms with van der Waals surface area (Å²) in [7, 11) is -3.52. The summed E-state index contributed by atoms with van der Waals surface area (Å²) in [4.78, 5) is 14.8. The van der Waals surface area contributed by atoms with Crippen LogP contribution in [0.4, 0.5) is 5.69 Å². The van der Waals surface area contributed by atoms with Crippen LogP contribution >= 0.6 is 11.3 Å². The molecule has 0 N–H and O–H groups in total. The van der Waals surface area contributed by atoms with Crippen molar-refractivity contribution in [1.29, 1.82) is 0 Å². The standard InChI is InChI=1S/C21H24N4O4S2/c1-3-24(4-2)31(27,28)17-5-6-18-15(13-17)9-11-25(18)20(26)8-7-19-22-23-21(29-19)16-10-12-30-14-16/h5-6,10,12-14H,3-4,7-9,11H2,1-2H3. The van der Waals surface area contributed by atoms with Gasteiger partial charge < -0.3 is 9.32 Å². The molecule has 3 aromatic rings. The molecule has 31 heavy (non-hydrogen) atoms. The van der Waals surface area contributed by atoms with Crippen LogP contribution in [0.2, 0.25) is 0 Å². The van der Waals surface area contributed by atoms with Gasteiger partial charge in [-0.2, -0.15) is 15.6 Å². The second-order valence-corrected chi connectivity index (χ2v) is 9.91. The first-order chi connectivity index (χ1) is 14.9. The molecule has 4 rings (SSSR count). The van der Waals surface area contributed by atoms with Crippen molar-refractivity contribution in [3.05, 3.63) is 46.5 Å². The minimum Gasteiger partial charge on any atom is -0.421 e. The normalized spacial score (nSPS) is 13.7. The Balaban J connectivity index is 1.44. The molecule has 0 spiro atoms. The summed E-state index contributed by atoms with van der Waals surface area (Å²) in [5.74, 6) is 0.833. The molecule has 1 aromatic carbocycles. The third kappa shape index (κ3) is 4.28. The number of sulfonamides is 1. The van der Waals surface area contributed by atoms with Crippen LogP contribution < -0.4 is 4.90 Å². The molecular formula is C21H24N4O4S2. The number of aromatic nitrogens is 2. The van der Waals surface area contributed by atoms with E-state index in [2.05, 4.69) is 10.2 Å². The van der Waals surface area contributed by atoms with Crippen LogP contribution in [0.15, 0.2) is 44.3 Å². The van der Waals surface area contributed by atoms with E-state index in [-0.39, 0.29) is 17.2 Å². The molecule has 1 amide bonds. The van der Waals surface area contributed by atoms with Gasteiger partial charge in [0.2, 0.25) is 27.7 Å². The molecule has 3 heterocycles. The van der Waals surface area contributed by atoms with E-state index in [1.165, 1.54) is 4.31 Å². The molecule has 10 heteroatoms. The SMILES string of the molecule is CCN(CC)S(=O)(=O)c1ccc2c(c1)CCN2C(=O)CCc1nnc(-c2ccsc2)o1. The van der Waals surface area contributed by atoms with Crippen LogP contribution in [0.5, 0.6) is 0 Å². The Morgan fingerprint density at radius 1 is 1.23 bits per heavy atom. The Kier molecular flexibility index (Phi) is 6.22. The number of nitrogens with zero attached hydrogens (tertiary/aromatic N) is 4. The fourth-order valence-corrected chi connectivity index (χ4v) is 5.86. The fraction of sp³-hybridized carbons (Fsp3) is 0.381. The highest BCUT2D eigenvalue weighted by Gasteiger charge is 2.28. The smallest absolute Gasteiger partial charge is 0.248 e. The third-order valence-corrected chi connectivity index (χ3v) is 8.11. The molecule has 164 valence electrons. The van der Waals surface area contributed by atoms with Gasteiger partial charge in [0.15, 0.2) is 0 Å². The Labute approximate surface area is 185 Å². The van der Waals surface area contributed by atoms with E-state index in [0.717, 1.165) is 16.8 Å². The Morgan fingerprint density at radius 3 is 2.74 bits per heavy atom. The molecule has 1 aliphatic rings. The second kappa shape index (κ2) is 8.89. The van der Waals surface area contributed by atoms with Gasteiger partial charge in [-0.3, -0.25) is 4.79 Å². The molecular weight excluding hydrogens is 436 g/mol. The molecule has 0 radical (unpaired) electrons. The van der Waals surface area contributed by atoms with Crippen LogP contribution in [0.1, 0.15) is 31.7 Å². The first kappa shape index (κ1) is 21.7. The third-order valence-electron chi connectivity index (χ3n) is 5.38. The highest BCUT2D eigenvalue weighted by molar-refractivity contribution is 7.89. The number of thiophene rings is 1. The number of benzene rings is 1. The van der Waals surface area contributed by atoms with Crippen LogP contribution in [-0.4, -0.2) is 48.5 Å². The van der Waals surface area contributed by atoms with E-state index in [0.29, 0.717) is 44.3 Å². The van der Waals surface area contributed by atoms with Crippen molar-refractivity contribution in [1.82, 2.24) is 14.5 Å². The molecule has 0 fully saturated rings. The largest absolute Gasteiger partial charge is 0.421 e. The maximum atomic E-state index is 12.8. The summed E-state index contributed by atoms with van der Waals surface area (Å²) < 4.78 is 32.6. The van der Waals surface area contributed by atoms with Gasteiger partial charge in [-0.25, -0.2) is 8.42 Å². The monoisotopic (exact) mass is 460 g/mol. The average Bonchev–Trinajstić information content (AvgIpc) is 3.52. The summed E-state index contributed by atoms with van der Waals surface area (Å²) in [6.07, 6.45) is 1.23. The first-order valence-corrected chi connectivity index (χ1v) is 12.6. The summed E-state index contributed by atoms with van der Waals surface area (Å²) in [6.45, 7) is 5.02. The number of carbonyl (C=O) groups excluding carboxylic acids is 1. The Morgan fingerprint density at radius 2 is 2.03 bits per heavy atom. The zero-order chi connectivity index (χ0) is 22.0. The minimum atomic E-state index is -3.52. The lowest BCUT2D eigenvalue weighted by Crippen LogP contribution is -2.30. The van der Waals surface area contributed by atoms with Crippen LogP contribution in [0, 0.1) is 0 Å². The number of rotatable bonds is 8. The number of amides is 1.